The first kappa shape index (κ1) is 10.9. The number of thioether (sulfide) groups is 1. The van der Waals surface area contributed by atoms with E-state index in [1.54, 1.807) is 6.92 Å². The van der Waals surface area contributed by atoms with E-state index in [1.807, 2.05) is 24.3 Å². The molecule has 3 heteroatoms. The molecule has 1 rings (SSSR count). The molecule has 0 radical (unpaired) electrons. The minimum absolute atomic E-state index is 0.113. The molecular formula is C11H13NOS. The maximum Gasteiger partial charge on any atom is 0.186 e. The largest absolute Gasteiger partial charge is 0.399 e. The fraction of sp³-hybridized carbons (Fsp3) is 0.182. The van der Waals surface area contributed by atoms with Crippen LogP contribution in [0.2, 0.25) is 0 Å². The molecule has 0 fully saturated rings. The predicted octanol–water partition coefficient (Wildman–Crippen LogP) is 2.56. The van der Waals surface area contributed by atoms with Gasteiger partial charge in [0.25, 0.3) is 0 Å². The molecule has 0 aliphatic carbocycles. The van der Waals surface area contributed by atoms with Crippen molar-refractivity contribution in [2.45, 2.75) is 6.92 Å². The minimum atomic E-state index is 0.113. The molecule has 0 unspecified atom stereocenters. The molecule has 2 N–H and O–H groups in total. The highest BCUT2D eigenvalue weighted by atomic mass is 32.2. The van der Waals surface area contributed by atoms with Gasteiger partial charge in [0.2, 0.25) is 0 Å². The van der Waals surface area contributed by atoms with Crippen LogP contribution in [0.1, 0.15) is 12.5 Å². The van der Waals surface area contributed by atoms with Crippen molar-refractivity contribution < 1.29 is 4.79 Å². The van der Waals surface area contributed by atoms with Crippen LogP contribution in [0.4, 0.5) is 5.69 Å². The number of carbonyl (C=O) groups is 1. The van der Waals surface area contributed by atoms with E-state index >= 15 is 0 Å². The number of benzene rings is 1. The Kier molecular flexibility index (Phi) is 3.77. The van der Waals surface area contributed by atoms with Crippen molar-refractivity contribution in [1.29, 1.82) is 0 Å². The molecular weight excluding hydrogens is 194 g/mol. The van der Waals surface area contributed by atoms with Gasteiger partial charge in [-0.05, 0) is 23.3 Å². The third-order valence-electron chi connectivity index (χ3n) is 1.77. The zero-order chi connectivity index (χ0) is 10.6. The Bertz CT molecular complexity index is 343. The average Bonchev–Trinajstić information content (AvgIpc) is 2.15. The van der Waals surface area contributed by atoms with Gasteiger partial charge < -0.3 is 5.73 Å². The van der Waals surface area contributed by atoms with E-state index in [9.17, 15) is 4.79 Å². The normalized spacial score (nSPS) is 9.79. The Morgan fingerprint density at radius 2 is 2.00 bits per heavy atom. The van der Waals surface area contributed by atoms with E-state index in [0.717, 1.165) is 16.8 Å². The SMILES string of the molecule is C=C(CSC(C)=O)c1ccc(N)cc1. The van der Waals surface area contributed by atoms with E-state index in [2.05, 4.69) is 6.58 Å². The van der Waals surface area contributed by atoms with Gasteiger partial charge in [-0.2, -0.15) is 0 Å². The lowest BCUT2D eigenvalue weighted by molar-refractivity contribution is -0.109. The second-order valence-electron chi connectivity index (χ2n) is 3.01. The summed E-state index contributed by atoms with van der Waals surface area (Å²) in [4.78, 5) is 10.7. The fourth-order valence-corrected chi connectivity index (χ4v) is 1.54. The van der Waals surface area contributed by atoms with Gasteiger partial charge in [-0.3, -0.25) is 4.79 Å². The van der Waals surface area contributed by atoms with E-state index in [1.165, 1.54) is 11.8 Å². The lowest BCUT2D eigenvalue weighted by Crippen LogP contribution is -1.91. The Morgan fingerprint density at radius 1 is 1.43 bits per heavy atom. The summed E-state index contributed by atoms with van der Waals surface area (Å²) in [6.45, 7) is 5.47. The summed E-state index contributed by atoms with van der Waals surface area (Å²) in [6, 6.07) is 7.49. The maximum atomic E-state index is 10.7. The molecule has 0 aliphatic rings. The van der Waals surface area contributed by atoms with Crippen LogP contribution in [-0.2, 0) is 4.79 Å². The molecule has 0 saturated heterocycles. The molecule has 74 valence electrons. The molecule has 0 aliphatic heterocycles. The van der Waals surface area contributed by atoms with Gasteiger partial charge in [0, 0.05) is 18.4 Å². The summed E-state index contributed by atoms with van der Waals surface area (Å²) in [5, 5.41) is 0.113. The van der Waals surface area contributed by atoms with Gasteiger partial charge >= 0.3 is 0 Å². The number of rotatable bonds is 3. The Hall–Kier alpha value is -1.22. The molecule has 0 saturated carbocycles. The van der Waals surface area contributed by atoms with Crippen molar-refractivity contribution in [2.75, 3.05) is 11.5 Å². The topological polar surface area (TPSA) is 43.1 Å². The summed E-state index contributed by atoms with van der Waals surface area (Å²) in [7, 11) is 0. The molecule has 0 heterocycles. The molecule has 1 aromatic carbocycles. The average molecular weight is 207 g/mol. The number of nitrogen functional groups attached to an aromatic ring is 1. The monoisotopic (exact) mass is 207 g/mol. The van der Waals surface area contributed by atoms with Crippen LogP contribution >= 0.6 is 11.8 Å². The number of hydrogen-bond acceptors (Lipinski definition) is 3. The summed E-state index contributed by atoms with van der Waals surface area (Å²) >= 11 is 1.27. The van der Waals surface area contributed by atoms with Crippen LogP contribution < -0.4 is 5.73 Å². The zero-order valence-electron chi connectivity index (χ0n) is 8.12. The Morgan fingerprint density at radius 3 is 2.50 bits per heavy atom. The summed E-state index contributed by atoms with van der Waals surface area (Å²) in [5.41, 5.74) is 8.28. The van der Waals surface area contributed by atoms with Crippen LogP contribution in [0, 0.1) is 0 Å². The van der Waals surface area contributed by atoms with Crippen molar-refractivity contribution in [3.8, 4) is 0 Å². The van der Waals surface area contributed by atoms with Crippen molar-refractivity contribution in [3.63, 3.8) is 0 Å². The van der Waals surface area contributed by atoms with E-state index in [-0.39, 0.29) is 5.12 Å². The lowest BCUT2D eigenvalue weighted by atomic mass is 10.1. The summed E-state index contributed by atoms with van der Waals surface area (Å²) in [6.07, 6.45) is 0. The highest BCUT2D eigenvalue weighted by molar-refractivity contribution is 8.13. The predicted molar refractivity (Wildman–Crippen MR) is 63.0 cm³/mol. The molecule has 0 atom stereocenters. The van der Waals surface area contributed by atoms with Crippen LogP contribution in [-0.4, -0.2) is 10.9 Å². The third kappa shape index (κ3) is 3.26. The first-order valence-corrected chi connectivity index (χ1v) is 5.25. The smallest absolute Gasteiger partial charge is 0.186 e. The van der Waals surface area contributed by atoms with Crippen LogP contribution in [0.5, 0.6) is 0 Å². The first-order chi connectivity index (χ1) is 6.59. The second-order valence-corrected chi connectivity index (χ2v) is 4.16. The third-order valence-corrected chi connectivity index (χ3v) is 2.67. The van der Waals surface area contributed by atoms with Gasteiger partial charge in [0.15, 0.2) is 5.12 Å². The molecule has 2 nitrogen and oxygen atoms in total. The molecule has 1 aromatic rings. The summed E-state index contributed by atoms with van der Waals surface area (Å²) in [5.74, 6) is 0.638. The molecule has 0 amide bonds. The lowest BCUT2D eigenvalue weighted by Gasteiger charge is -2.04. The number of carbonyl (C=O) groups excluding carboxylic acids is 1. The van der Waals surface area contributed by atoms with Crippen LogP contribution in [0.25, 0.3) is 5.57 Å². The van der Waals surface area contributed by atoms with Crippen LogP contribution in [0.3, 0.4) is 0 Å². The molecule has 14 heavy (non-hydrogen) atoms. The Labute approximate surface area is 88.2 Å². The molecule has 0 spiro atoms. The number of hydrogen-bond donors (Lipinski definition) is 1. The zero-order valence-corrected chi connectivity index (χ0v) is 8.93. The van der Waals surface area contributed by atoms with E-state index in [0.29, 0.717) is 5.75 Å². The van der Waals surface area contributed by atoms with Crippen LogP contribution in [0.15, 0.2) is 30.8 Å². The Balaban J connectivity index is 2.61. The highest BCUT2D eigenvalue weighted by Gasteiger charge is 2.00. The van der Waals surface area contributed by atoms with Crippen molar-refractivity contribution in [1.82, 2.24) is 0 Å². The minimum Gasteiger partial charge on any atom is -0.399 e. The number of anilines is 1. The molecule has 0 bridgehead atoms. The van der Waals surface area contributed by atoms with Gasteiger partial charge in [-0.1, -0.05) is 30.5 Å². The van der Waals surface area contributed by atoms with E-state index < -0.39 is 0 Å². The highest BCUT2D eigenvalue weighted by Crippen LogP contribution is 2.19. The molecule has 0 aromatic heterocycles. The van der Waals surface area contributed by atoms with Gasteiger partial charge in [0.05, 0.1) is 0 Å². The number of nitrogens with two attached hydrogens (primary N) is 1. The quantitative estimate of drug-likeness (QED) is 0.775. The maximum absolute atomic E-state index is 10.7. The van der Waals surface area contributed by atoms with Crippen molar-refractivity contribution in [3.05, 3.63) is 36.4 Å². The van der Waals surface area contributed by atoms with Crippen molar-refractivity contribution in [2.24, 2.45) is 0 Å². The standard InChI is InChI=1S/C11H13NOS/c1-8(7-14-9(2)13)10-3-5-11(12)6-4-10/h3-6H,1,7,12H2,2H3. The van der Waals surface area contributed by atoms with Crippen molar-refractivity contribution >= 4 is 28.1 Å². The fourth-order valence-electron chi connectivity index (χ4n) is 0.991. The van der Waals surface area contributed by atoms with Gasteiger partial charge in [0.1, 0.15) is 0 Å². The second kappa shape index (κ2) is 4.86. The summed E-state index contributed by atoms with van der Waals surface area (Å²) < 4.78 is 0. The van der Waals surface area contributed by atoms with Gasteiger partial charge in [-0.15, -0.1) is 0 Å². The van der Waals surface area contributed by atoms with E-state index in [4.69, 9.17) is 5.73 Å². The first-order valence-electron chi connectivity index (χ1n) is 4.26. The van der Waals surface area contributed by atoms with Gasteiger partial charge in [-0.25, -0.2) is 0 Å².